The predicted octanol–water partition coefficient (Wildman–Crippen LogP) is 2.02. The fourth-order valence-electron chi connectivity index (χ4n) is 0.782. The molecule has 0 spiro atoms. The summed E-state index contributed by atoms with van der Waals surface area (Å²) in [6.07, 6.45) is 8.29. The molecule has 1 heterocycles. The zero-order valence-corrected chi connectivity index (χ0v) is 7.25. The van der Waals surface area contributed by atoms with Gasteiger partial charge in [-0.05, 0) is 12.3 Å². The van der Waals surface area contributed by atoms with Crippen molar-refractivity contribution in [3.8, 4) is 11.8 Å². The first-order chi connectivity index (χ1) is 5.93. The van der Waals surface area contributed by atoms with Crippen LogP contribution in [0.25, 0.3) is 0 Å². The lowest BCUT2D eigenvalue weighted by molar-refractivity contribution is 0.828. The van der Waals surface area contributed by atoms with E-state index in [0.29, 0.717) is 0 Å². The zero-order valence-electron chi connectivity index (χ0n) is 7.25. The summed E-state index contributed by atoms with van der Waals surface area (Å²) in [5, 5.41) is 0. The highest BCUT2D eigenvalue weighted by Gasteiger charge is 1.83. The van der Waals surface area contributed by atoms with E-state index in [2.05, 4.69) is 28.7 Å². The molecule has 0 saturated heterocycles. The molecule has 0 fully saturated rings. The van der Waals surface area contributed by atoms with Gasteiger partial charge in [-0.1, -0.05) is 19.3 Å². The second-order valence-corrected chi connectivity index (χ2v) is 2.50. The standard InChI is InChI=1S/C10H12N2/c1-2-3-4-5-6-10-9-11-7-8-12-10/h7-9H,2-4H2,1H3. The maximum atomic E-state index is 4.04. The van der Waals surface area contributed by atoms with Crippen molar-refractivity contribution in [2.24, 2.45) is 0 Å². The van der Waals surface area contributed by atoms with Gasteiger partial charge < -0.3 is 0 Å². The van der Waals surface area contributed by atoms with Gasteiger partial charge in [-0.15, -0.1) is 0 Å². The van der Waals surface area contributed by atoms with Gasteiger partial charge in [0.25, 0.3) is 0 Å². The van der Waals surface area contributed by atoms with Gasteiger partial charge in [-0.25, -0.2) is 4.98 Å². The predicted molar refractivity (Wildman–Crippen MR) is 48.4 cm³/mol. The van der Waals surface area contributed by atoms with Crippen LogP contribution in [0.4, 0.5) is 0 Å². The number of aromatic nitrogens is 2. The average molecular weight is 160 g/mol. The Morgan fingerprint density at radius 3 is 3.00 bits per heavy atom. The normalized spacial score (nSPS) is 8.75. The van der Waals surface area contributed by atoms with E-state index in [1.54, 1.807) is 18.6 Å². The molecule has 1 aromatic rings. The third-order valence-electron chi connectivity index (χ3n) is 1.43. The minimum atomic E-state index is 0.758. The minimum absolute atomic E-state index is 0.758. The lowest BCUT2D eigenvalue weighted by Crippen LogP contribution is -1.81. The molecule has 0 N–H and O–H groups in total. The molecule has 12 heavy (non-hydrogen) atoms. The summed E-state index contributed by atoms with van der Waals surface area (Å²) in [6.45, 7) is 2.16. The van der Waals surface area contributed by atoms with Crippen LogP contribution in [-0.4, -0.2) is 9.97 Å². The zero-order chi connectivity index (χ0) is 8.65. The molecule has 0 aliphatic heterocycles. The summed E-state index contributed by atoms with van der Waals surface area (Å²) >= 11 is 0. The molecular weight excluding hydrogens is 148 g/mol. The van der Waals surface area contributed by atoms with Crippen LogP contribution in [0.3, 0.4) is 0 Å². The van der Waals surface area contributed by atoms with Crippen molar-refractivity contribution in [2.75, 3.05) is 0 Å². The minimum Gasteiger partial charge on any atom is -0.260 e. The number of nitrogens with zero attached hydrogens (tertiary/aromatic N) is 2. The number of rotatable bonds is 2. The van der Waals surface area contributed by atoms with Crippen LogP contribution in [0.2, 0.25) is 0 Å². The van der Waals surface area contributed by atoms with Crippen LogP contribution >= 0.6 is 0 Å². The van der Waals surface area contributed by atoms with Crippen LogP contribution in [0.15, 0.2) is 18.6 Å². The van der Waals surface area contributed by atoms with Crippen molar-refractivity contribution in [3.63, 3.8) is 0 Å². The summed E-state index contributed by atoms with van der Waals surface area (Å²) in [6, 6.07) is 0. The van der Waals surface area contributed by atoms with Crippen molar-refractivity contribution in [1.82, 2.24) is 9.97 Å². The molecule has 0 aliphatic carbocycles. The molecule has 0 unspecified atom stereocenters. The molecule has 0 bridgehead atoms. The Kier molecular flexibility index (Phi) is 3.87. The lowest BCUT2D eigenvalue weighted by Gasteiger charge is -1.85. The molecule has 62 valence electrons. The third kappa shape index (κ3) is 3.16. The highest BCUT2D eigenvalue weighted by Crippen LogP contribution is 1.92. The third-order valence-corrected chi connectivity index (χ3v) is 1.43. The summed E-state index contributed by atoms with van der Waals surface area (Å²) in [5.41, 5.74) is 0.758. The van der Waals surface area contributed by atoms with E-state index < -0.39 is 0 Å². The maximum Gasteiger partial charge on any atom is 0.131 e. The molecule has 0 atom stereocenters. The summed E-state index contributed by atoms with van der Waals surface area (Å²) in [7, 11) is 0. The van der Waals surface area contributed by atoms with Crippen molar-refractivity contribution in [2.45, 2.75) is 26.2 Å². The lowest BCUT2D eigenvalue weighted by atomic mass is 10.2. The molecule has 2 nitrogen and oxygen atoms in total. The molecule has 0 aromatic carbocycles. The molecule has 0 amide bonds. The number of hydrogen-bond acceptors (Lipinski definition) is 2. The van der Waals surface area contributed by atoms with Gasteiger partial charge in [-0.3, -0.25) is 4.98 Å². The quantitative estimate of drug-likeness (QED) is 0.488. The van der Waals surface area contributed by atoms with E-state index in [1.165, 1.54) is 6.42 Å². The van der Waals surface area contributed by atoms with E-state index in [-0.39, 0.29) is 0 Å². The van der Waals surface area contributed by atoms with Crippen LogP contribution in [0.1, 0.15) is 31.9 Å². The first kappa shape index (κ1) is 8.73. The Morgan fingerprint density at radius 1 is 1.42 bits per heavy atom. The summed E-state index contributed by atoms with van der Waals surface area (Å²) in [5.74, 6) is 6.01. The first-order valence-electron chi connectivity index (χ1n) is 4.18. The highest BCUT2D eigenvalue weighted by atomic mass is 14.7. The van der Waals surface area contributed by atoms with Gasteiger partial charge in [0.1, 0.15) is 5.69 Å². The van der Waals surface area contributed by atoms with Crippen LogP contribution in [0, 0.1) is 11.8 Å². The fraction of sp³-hybridized carbons (Fsp3) is 0.400. The Labute approximate surface area is 73.1 Å². The van der Waals surface area contributed by atoms with Gasteiger partial charge in [0.2, 0.25) is 0 Å². The summed E-state index contributed by atoms with van der Waals surface area (Å²) < 4.78 is 0. The molecule has 2 heteroatoms. The Balaban J connectivity index is 2.44. The van der Waals surface area contributed by atoms with Gasteiger partial charge in [0.05, 0.1) is 6.20 Å². The molecule has 1 aromatic heterocycles. The number of unbranched alkanes of at least 4 members (excludes halogenated alkanes) is 2. The molecule has 0 saturated carbocycles. The Morgan fingerprint density at radius 2 is 2.33 bits per heavy atom. The fourth-order valence-corrected chi connectivity index (χ4v) is 0.782. The van der Waals surface area contributed by atoms with Crippen molar-refractivity contribution < 1.29 is 0 Å². The summed E-state index contributed by atoms with van der Waals surface area (Å²) in [4.78, 5) is 7.96. The first-order valence-corrected chi connectivity index (χ1v) is 4.18. The Bertz CT molecular complexity index is 269. The van der Waals surface area contributed by atoms with Gasteiger partial charge in [-0.2, -0.15) is 0 Å². The largest absolute Gasteiger partial charge is 0.260 e. The van der Waals surface area contributed by atoms with E-state index >= 15 is 0 Å². The van der Waals surface area contributed by atoms with Crippen LogP contribution in [0.5, 0.6) is 0 Å². The number of hydrogen-bond donors (Lipinski definition) is 0. The van der Waals surface area contributed by atoms with E-state index in [1.807, 2.05) is 0 Å². The topological polar surface area (TPSA) is 25.8 Å². The molecule has 0 radical (unpaired) electrons. The van der Waals surface area contributed by atoms with Crippen molar-refractivity contribution in [3.05, 3.63) is 24.3 Å². The second-order valence-electron chi connectivity index (χ2n) is 2.50. The van der Waals surface area contributed by atoms with Gasteiger partial charge in [0.15, 0.2) is 0 Å². The monoisotopic (exact) mass is 160 g/mol. The van der Waals surface area contributed by atoms with E-state index in [0.717, 1.165) is 18.5 Å². The maximum absolute atomic E-state index is 4.04. The van der Waals surface area contributed by atoms with E-state index in [9.17, 15) is 0 Å². The Hall–Kier alpha value is -1.36. The SMILES string of the molecule is CCCCC#Cc1cnccn1. The molecule has 1 rings (SSSR count). The van der Waals surface area contributed by atoms with Crippen molar-refractivity contribution >= 4 is 0 Å². The van der Waals surface area contributed by atoms with Gasteiger partial charge >= 0.3 is 0 Å². The molecular formula is C10H12N2. The second kappa shape index (κ2) is 5.31. The van der Waals surface area contributed by atoms with Crippen LogP contribution in [-0.2, 0) is 0 Å². The highest BCUT2D eigenvalue weighted by molar-refractivity contribution is 5.23. The van der Waals surface area contributed by atoms with Crippen molar-refractivity contribution in [1.29, 1.82) is 0 Å². The molecule has 0 aliphatic rings. The smallest absolute Gasteiger partial charge is 0.131 e. The van der Waals surface area contributed by atoms with Gasteiger partial charge in [0, 0.05) is 18.8 Å². The van der Waals surface area contributed by atoms with Crippen LogP contribution < -0.4 is 0 Å². The average Bonchev–Trinajstić information content (AvgIpc) is 2.14. The van der Waals surface area contributed by atoms with E-state index in [4.69, 9.17) is 0 Å².